The maximum Gasteiger partial charge on any atom is 0.243 e. The van der Waals surface area contributed by atoms with E-state index in [2.05, 4.69) is 0 Å². The van der Waals surface area contributed by atoms with Gasteiger partial charge in [0.15, 0.2) is 0 Å². The minimum atomic E-state index is -3.46. The Bertz CT molecular complexity index is 749. The summed E-state index contributed by atoms with van der Waals surface area (Å²) in [5, 5.41) is 1.99. The molecule has 2 aromatic rings. The monoisotopic (exact) mass is 340 g/mol. The van der Waals surface area contributed by atoms with Crippen molar-refractivity contribution < 1.29 is 8.42 Å². The lowest BCUT2D eigenvalue weighted by Crippen LogP contribution is -2.47. The standard InChI is InChI=1S/C16H20N2O2S.ClH/c17-12-15-7-3-4-10-18(15)21(19,20)16-9-8-13-5-1-2-6-14(13)11-16;/h1-2,5-6,8-9,11,15H,3-4,7,10,12,17H2;1H. The number of halogens is 1. The van der Waals surface area contributed by atoms with Gasteiger partial charge in [-0.15, -0.1) is 12.4 Å². The molecule has 1 fully saturated rings. The predicted molar refractivity (Wildman–Crippen MR) is 91.8 cm³/mol. The molecule has 0 spiro atoms. The van der Waals surface area contributed by atoms with Crippen molar-refractivity contribution in [1.82, 2.24) is 4.31 Å². The van der Waals surface area contributed by atoms with Crippen LogP contribution < -0.4 is 5.73 Å². The molecular weight excluding hydrogens is 320 g/mol. The molecule has 1 saturated heterocycles. The van der Waals surface area contributed by atoms with Gasteiger partial charge < -0.3 is 5.73 Å². The second-order valence-electron chi connectivity index (χ2n) is 5.51. The van der Waals surface area contributed by atoms with Crippen LogP contribution in [-0.2, 0) is 10.0 Å². The maximum atomic E-state index is 12.9. The van der Waals surface area contributed by atoms with Gasteiger partial charge in [-0.3, -0.25) is 0 Å². The highest BCUT2D eigenvalue weighted by molar-refractivity contribution is 7.89. The summed E-state index contributed by atoms with van der Waals surface area (Å²) in [5.74, 6) is 0. The fourth-order valence-electron chi connectivity index (χ4n) is 2.99. The van der Waals surface area contributed by atoms with Crippen LogP contribution in [0.4, 0.5) is 0 Å². The van der Waals surface area contributed by atoms with E-state index in [0.29, 0.717) is 18.0 Å². The Morgan fingerprint density at radius 2 is 1.82 bits per heavy atom. The Morgan fingerprint density at radius 1 is 1.09 bits per heavy atom. The third-order valence-corrected chi connectivity index (χ3v) is 6.12. The zero-order valence-electron chi connectivity index (χ0n) is 12.3. The largest absolute Gasteiger partial charge is 0.329 e. The van der Waals surface area contributed by atoms with Crippen molar-refractivity contribution in [1.29, 1.82) is 0 Å². The lowest BCUT2D eigenvalue weighted by atomic mass is 10.1. The van der Waals surface area contributed by atoms with E-state index in [4.69, 9.17) is 5.73 Å². The average molecular weight is 341 g/mol. The molecule has 1 aliphatic rings. The quantitative estimate of drug-likeness (QED) is 0.934. The van der Waals surface area contributed by atoms with Gasteiger partial charge in [0, 0.05) is 19.1 Å². The average Bonchev–Trinajstić information content (AvgIpc) is 2.54. The topological polar surface area (TPSA) is 63.4 Å². The first-order valence-electron chi connectivity index (χ1n) is 7.33. The van der Waals surface area contributed by atoms with Gasteiger partial charge in [-0.1, -0.05) is 36.8 Å². The molecule has 1 unspecified atom stereocenters. The van der Waals surface area contributed by atoms with Gasteiger partial charge in [0.2, 0.25) is 10.0 Å². The van der Waals surface area contributed by atoms with Gasteiger partial charge in [-0.25, -0.2) is 8.42 Å². The van der Waals surface area contributed by atoms with Gasteiger partial charge >= 0.3 is 0 Å². The first-order chi connectivity index (χ1) is 10.1. The van der Waals surface area contributed by atoms with E-state index in [1.165, 1.54) is 0 Å². The van der Waals surface area contributed by atoms with Crippen molar-refractivity contribution in [2.45, 2.75) is 30.2 Å². The lowest BCUT2D eigenvalue weighted by Gasteiger charge is -2.33. The van der Waals surface area contributed by atoms with E-state index < -0.39 is 10.0 Å². The number of nitrogens with two attached hydrogens (primary N) is 1. The molecule has 22 heavy (non-hydrogen) atoms. The number of nitrogens with zero attached hydrogens (tertiary/aromatic N) is 1. The molecule has 2 aromatic carbocycles. The summed E-state index contributed by atoms with van der Waals surface area (Å²) in [6.45, 7) is 0.948. The lowest BCUT2D eigenvalue weighted by molar-refractivity contribution is 0.257. The highest BCUT2D eigenvalue weighted by Crippen LogP contribution is 2.27. The van der Waals surface area contributed by atoms with Crippen LogP contribution >= 0.6 is 12.4 Å². The molecule has 0 amide bonds. The van der Waals surface area contributed by atoms with Crippen molar-refractivity contribution in [3.63, 3.8) is 0 Å². The first-order valence-corrected chi connectivity index (χ1v) is 8.77. The normalized spacial score (nSPS) is 19.8. The Balaban J connectivity index is 0.00000176. The SMILES string of the molecule is Cl.NCC1CCCCN1S(=O)(=O)c1ccc2ccccc2c1. The minimum absolute atomic E-state index is 0. The number of hydrogen-bond acceptors (Lipinski definition) is 3. The summed E-state index contributed by atoms with van der Waals surface area (Å²) >= 11 is 0. The van der Waals surface area contributed by atoms with Gasteiger partial charge in [0.05, 0.1) is 4.90 Å². The summed E-state index contributed by atoms with van der Waals surface area (Å²) in [4.78, 5) is 0.363. The zero-order valence-corrected chi connectivity index (χ0v) is 13.9. The van der Waals surface area contributed by atoms with Crippen molar-refractivity contribution >= 4 is 33.2 Å². The third-order valence-electron chi connectivity index (χ3n) is 4.17. The molecule has 1 aliphatic heterocycles. The minimum Gasteiger partial charge on any atom is -0.329 e. The maximum absolute atomic E-state index is 12.9. The Morgan fingerprint density at radius 3 is 2.55 bits per heavy atom. The summed E-state index contributed by atoms with van der Waals surface area (Å²) < 4.78 is 27.3. The van der Waals surface area contributed by atoms with E-state index in [9.17, 15) is 8.42 Å². The Kier molecular flexibility index (Phi) is 5.45. The molecule has 1 atom stereocenters. The fraction of sp³-hybridized carbons (Fsp3) is 0.375. The van der Waals surface area contributed by atoms with Gasteiger partial charge in [0.1, 0.15) is 0 Å². The van der Waals surface area contributed by atoms with E-state index >= 15 is 0 Å². The van der Waals surface area contributed by atoms with Gasteiger partial charge in [0.25, 0.3) is 0 Å². The van der Waals surface area contributed by atoms with Crippen LogP contribution in [0.2, 0.25) is 0 Å². The van der Waals surface area contributed by atoms with Crippen LogP contribution in [0, 0.1) is 0 Å². The Labute approximate surface area is 137 Å². The number of hydrogen-bond donors (Lipinski definition) is 1. The fourth-order valence-corrected chi connectivity index (χ4v) is 4.73. The van der Waals surface area contributed by atoms with Crippen molar-refractivity contribution in [2.75, 3.05) is 13.1 Å². The third kappa shape index (κ3) is 3.13. The molecule has 2 N–H and O–H groups in total. The van der Waals surface area contributed by atoms with Gasteiger partial charge in [-0.05, 0) is 35.7 Å². The van der Waals surface area contributed by atoms with Crippen LogP contribution in [0.3, 0.4) is 0 Å². The molecule has 6 heteroatoms. The molecule has 0 radical (unpaired) electrons. The van der Waals surface area contributed by atoms with Crippen LogP contribution in [0.5, 0.6) is 0 Å². The van der Waals surface area contributed by atoms with Crippen LogP contribution in [0.15, 0.2) is 47.4 Å². The van der Waals surface area contributed by atoms with Crippen molar-refractivity contribution in [3.8, 4) is 0 Å². The molecule has 1 heterocycles. The van der Waals surface area contributed by atoms with E-state index in [0.717, 1.165) is 30.0 Å². The second-order valence-corrected chi connectivity index (χ2v) is 7.40. The van der Waals surface area contributed by atoms with Crippen molar-refractivity contribution in [2.24, 2.45) is 5.73 Å². The summed E-state index contributed by atoms with van der Waals surface area (Å²) in [6.07, 6.45) is 2.80. The Hall–Kier alpha value is -1.14. The highest BCUT2D eigenvalue weighted by atomic mass is 35.5. The molecule has 120 valence electrons. The van der Waals surface area contributed by atoms with Gasteiger partial charge in [-0.2, -0.15) is 4.31 Å². The van der Waals surface area contributed by atoms with Crippen LogP contribution in [0.1, 0.15) is 19.3 Å². The molecular formula is C16H21ClN2O2S. The first kappa shape index (κ1) is 17.2. The van der Waals surface area contributed by atoms with E-state index in [1.807, 2.05) is 30.3 Å². The number of sulfonamides is 1. The molecule has 3 rings (SSSR count). The molecule has 0 aromatic heterocycles. The number of piperidine rings is 1. The number of benzene rings is 2. The summed E-state index contributed by atoms with van der Waals surface area (Å²) in [5.41, 5.74) is 5.75. The van der Waals surface area contributed by atoms with E-state index in [-0.39, 0.29) is 18.4 Å². The van der Waals surface area contributed by atoms with Crippen LogP contribution in [0.25, 0.3) is 10.8 Å². The number of rotatable bonds is 3. The smallest absolute Gasteiger partial charge is 0.243 e. The van der Waals surface area contributed by atoms with E-state index in [1.54, 1.807) is 16.4 Å². The second kappa shape index (κ2) is 6.96. The molecule has 0 aliphatic carbocycles. The van der Waals surface area contributed by atoms with Crippen molar-refractivity contribution in [3.05, 3.63) is 42.5 Å². The summed E-state index contributed by atoms with van der Waals surface area (Å²) in [7, 11) is -3.46. The summed E-state index contributed by atoms with van der Waals surface area (Å²) in [6, 6.07) is 13.0. The predicted octanol–water partition coefficient (Wildman–Crippen LogP) is 2.76. The molecule has 4 nitrogen and oxygen atoms in total. The zero-order chi connectivity index (χ0) is 14.9. The highest BCUT2D eigenvalue weighted by Gasteiger charge is 2.32. The number of fused-ring (bicyclic) bond motifs is 1. The van der Waals surface area contributed by atoms with Crippen LogP contribution in [-0.4, -0.2) is 31.9 Å². The molecule has 0 bridgehead atoms. The molecule has 0 saturated carbocycles.